The number of pyridine rings is 1. The van der Waals surface area contributed by atoms with Crippen molar-refractivity contribution in [2.75, 3.05) is 18.0 Å². The van der Waals surface area contributed by atoms with Crippen molar-refractivity contribution >= 4 is 5.82 Å². The molecule has 3 rings (SSSR count). The van der Waals surface area contributed by atoms with Crippen molar-refractivity contribution in [2.45, 2.75) is 38.0 Å². The van der Waals surface area contributed by atoms with Crippen LogP contribution in [0.5, 0.6) is 0 Å². The molecule has 0 amide bonds. The van der Waals surface area contributed by atoms with Crippen LogP contribution in [0.2, 0.25) is 0 Å². The van der Waals surface area contributed by atoms with Gasteiger partial charge in [0.25, 0.3) is 0 Å². The summed E-state index contributed by atoms with van der Waals surface area (Å²) in [5, 5.41) is 13.9. The predicted octanol–water partition coefficient (Wildman–Crippen LogP) is 2.90. The number of piperidine rings is 1. The van der Waals surface area contributed by atoms with Gasteiger partial charge >= 0.3 is 0 Å². The van der Waals surface area contributed by atoms with Gasteiger partial charge in [0.1, 0.15) is 11.6 Å². The lowest BCUT2D eigenvalue weighted by Gasteiger charge is -2.35. The van der Waals surface area contributed by atoms with Crippen LogP contribution in [-0.2, 0) is 0 Å². The molecule has 2 heterocycles. The molecule has 2 unspecified atom stereocenters. The maximum absolute atomic E-state index is 13.0. The molecule has 1 aromatic carbocycles. The fourth-order valence-corrected chi connectivity index (χ4v) is 3.23. The van der Waals surface area contributed by atoms with Crippen molar-refractivity contribution in [3.8, 4) is 0 Å². The van der Waals surface area contributed by atoms with Crippen LogP contribution in [0.15, 0.2) is 48.7 Å². The van der Waals surface area contributed by atoms with Crippen LogP contribution in [0.1, 0.15) is 31.4 Å². The molecular weight excluding hydrogens is 305 g/mol. The van der Waals surface area contributed by atoms with Crippen LogP contribution in [0.3, 0.4) is 0 Å². The first-order chi connectivity index (χ1) is 11.6. The van der Waals surface area contributed by atoms with Crippen LogP contribution in [-0.4, -0.2) is 35.3 Å². The summed E-state index contributed by atoms with van der Waals surface area (Å²) < 4.78 is 13.0. The van der Waals surface area contributed by atoms with E-state index < -0.39 is 6.10 Å². The molecule has 0 bridgehead atoms. The summed E-state index contributed by atoms with van der Waals surface area (Å²) >= 11 is 0. The third-order valence-electron chi connectivity index (χ3n) is 4.65. The smallest absolute Gasteiger partial charge is 0.128 e. The highest BCUT2D eigenvalue weighted by Crippen LogP contribution is 2.21. The summed E-state index contributed by atoms with van der Waals surface area (Å²) in [5.74, 6) is 0.740. The molecular formula is C19H24FN3O. The number of halogens is 1. The average Bonchev–Trinajstić information content (AvgIpc) is 2.63. The molecule has 1 aliphatic heterocycles. The summed E-state index contributed by atoms with van der Waals surface area (Å²) in [6.07, 6.45) is 3.20. The van der Waals surface area contributed by atoms with Gasteiger partial charge in [0, 0.05) is 31.4 Å². The van der Waals surface area contributed by atoms with E-state index in [-0.39, 0.29) is 11.9 Å². The molecule has 0 saturated carbocycles. The zero-order valence-electron chi connectivity index (χ0n) is 13.9. The quantitative estimate of drug-likeness (QED) is 0.885. The minimum absolute atomic E-state index is 0.0816. The maximum Gasteiger partial charge on any atom is 0.128 e. The van der Waals surface area contributed by atoms with Crippen molar-refractivity contribution in [1.82, 2.24) is 10.3 Å². The van der Waals surface area contributed by atoms with Gasteiger partial charge in [0.2, 0.25) is 0 Å². The van der Waals surface area contributed by atoms with Gasteiger partial charge in [-0.2, -0.15) is 0 Å². The Morgan fingerprint density at radius 2 is 1.88 bits per heavy atom. The van der Waals surface area contributed by atoms with Crippen molar-refractivity contribution in [2.24, 2.45) is 0 Å². The van der Waals surface area contributed by atoms with E-state index in [1.807, 2.05) is 31.3 Å². The molecule has 1 saturated heterocycles. The Balaban J connectivity index is 1.51. The Hall–Kier alpha value is -1.98. The molecule has 5 heteroatoms. The number of aliphatic hydroxyl groups is 1. The number of hydrogen-bond donors (Lipinski definition) is 2. The molecule has 1 fully saturated rings. The summed E-state index contributed by atoms with van der Waals surface area (Å²) in [5.41, 5.74) is 0.738. The average molecular weight is 329 g/mol. The minimum atomic E-state index is -0.639. The van der Waals surface area contributed by atoms with E-state index in [1.54, 1.807) is 12.1 Å². The fourth-order valence-electron chi connectivity index (χ4n) is 3.23. The normalized spacial score (nSPS) is 18.4. The van der Waals surface area contributed by atoms with Gasteiger partial charge in [-0.15, -0.1) is 0 Å². The number of benzene rings is 1. The van der Waals surface area contributed by atoms with Crippen LogP contribution < -0.4 is 10.2 Å². The highest BCUT2D eigenvalue weighted by molar-refractivity contribution is 5.38. The molecule has 0 aliphatic carbocycles. The van der Waals surface area contributed by atoms with Crippen LogP contribution in [0, 0.1) is 5.82 Å². The first-order valence-corrected chi connectivity index (χ1v) is 8.49. The molecule has 1 aromatic heterocycles. The van der Waals surface area contributed by atoms with Crippen molar-refractivity contribution in [1.29, 1.82) is 0 Å². The topological polar surface area (TPSA) is 48.4 Å². The number of aromatic nitrogens is 1. The minimum Gasteiger partial charge on any atom is -0.387 e. The Kier molecular flexibility index (Phi) is 5.43. The summed E-state index contributed by atoms with van der Waals surface area (Å²) in [6, 6.07) is 12.3. The van der Waals surface area contributed by atoms with Crippen molar-refractivity contribution in [3.05, 3.63) is 60.0 Å². The van der Waals surface area contributed by atoms with Gasteiger partial charge in [-0.05, 0) is 49.6 Å². The van der Waals surface area contributed by atoms with Crippen LogP contribution in [0.25, 0.3) is 0 Å². The first kappa shape index (κ1) is 16.9. The maximum atomic E-state index is 13.0. The SMILES string of the molecule is CC(NC1CCN(c2ccccn2)CC1)C(O)c1ccc(F)cc1. The lowest BCUT2D eigenvalue weighted by molar-refractivity contribution is 0.126. The molecule has 128 valence electrons. The van der Waals surface area contributed by atoms with Gasteiger partial charge in [0.05, 0.1) is 6.10 Å². The second-order valence-corrected chi connectivity index (χ2v) is 6.40. The Bertz CT molecular complexity index is 627. The number of aliphatic hydroxyl groups excluding tert-OH is 1. The standard InChI is InChI=1S/C19H24FN3O/c1-14(19(24)15-5-7-16(20)8-6-15)22-17-9-12-23(13-10-17)18-4-2-3-11-21-18/h2-8,11,14,17,19,22,24H,9-10,12-13H2,1H3. The third kappa shape index (κ3) is 4.10. The number of rotatable bonds is 5. The first-order valence-electron chi connectivity index (χ1n) is 8.49. The number of hydrogen-bond acceptors (Lipinski definition) is 4. The fraction of sp³-hybridized carbons (Fsp3) is 0.421. The molecule has 1 aliphatic rings. The van der Waals surface area contributed by atoms with Crippen molar-refractivity contribution < 1.29 is 9.50 Å². The van der Waals surface area contributed by atoms with E-state index in [1.165, 1.54) is 12.1 Å². The Morgan fingerprint density at radius 1 is 1.17 bits per heavy atom. The highest BCUT2D eigenvalue weighted by Gasteiger charge is 2.24. The predicted molar refractivity (Wildman–Crippen MR) is 93.4 cm³/mol. The van der Waals surface area contributed by atoms with Crippen LogP contribution in [0.4, 0.5) is 10.2 Å². The van der Waals surface area contributed by atoms with Gasteiger partial charge in [-0.3, -0.25) is 0 Å². The lowest BCUT2D eigenvalue weighted by atomic mass is 9.99. The van der Waals surface area contributed by atoms with Gasteiger partial charge < -0.3 is 15.3 Å². The van der Waals surface area contributed by atoms with E-state index in [0.717, 1.165) is 37.3 Å². The number of anilines is 1. The monoisotopic (exact) mass is 329 g/mol. The summed E-state index contributed by atoms with van der Waals surface area (Å²) in [6.45, 7) is 3.88. The second kappa shape index (κ2) is 7.73. The zero-order chi connectivity index (χ0) is 16.9. The van der Waals surface area contributed by atoms with Gasteiger partial charge in [-0.1, -0.05) is 18.2 Å². The van der Waals surface area contributed by atoms with E-state index >= 15 is 0 Å². The molecule has 4 nitrogen and oxygen atoms in total. The second-order valence-electron chi connectivity index (χ2n) is 6.40. The van der Waals surface area contributed by atoms with Crippen molar-refractivity contribution in [3.63, 3.8) is 0 Å². The molecule has 2 aromatic rings. The molecule has 2 N–H and O–H groups in total. The molecule has 2 atom stereocenters. The molecule has 0 spiro atoms. The van der Waals surface area contributed by atoms with Crippen LogP contribution >= 0.6 is 0 Å². The van der Waals surface area contributed by atoms with Gasteiger partial charge in [-0.25, -0.2) is 9.37 Å². The van der Waals surface area contributed by atoms with E-state index in [2.05, 4.69) is 15.2 Å². The summed E-state index contributed by atoms with van der Waals surface area (Å²) in [4.78, 5) is 6.69. The van der Waals surface area contributed by atoms with E-state index in [4.69, 9.17) is 0 Å². The van der Waals surface area contributed by atoms with E-state index in [0.29, 0.717) is 6.04 Å². The Morgan fingerprint density at radius 3 is 2.50 bits per heavy atom. The number of nitrogens with zero attached hydrogens (tertiary/aromatic N) is 2. The number of nitrogens with one attached hydrogen (secondary N) is 1. The molecule has 24 heavy (non-hydrogen) atoms. The Labute approximate surface area is 142 Å². The largest absolute Gasteiger partial charge is 0.387 e. The van der Waals surface area contributed by atoms with Gasteiger partial charge in [0.15, 0.2) is 0 Å². The third-order valence-corrected chi connectivity index (χ3v) is 4.65. The lowest BCUT2D eigenvalue weighted by Crippen LogP contribution is -2.47. The highest BCUT2D eigenvalue weighted by atomic mass is 19.1. The zero-order valence-corrected chi connectivity index (χ0v) is 13.9. The summed E-state index contributed by atoms with van der Waals surface area (Å²) in [7, 11) is 0. The van der Waals surface area contributed by atoms with E-state index in [9.17, 15) is 9.50 Å². The molecule has 0 radical (unpaired) electrons.